The highest BCUT2D eigenvalue weighted by molar-refractivity contribution is 5.44. The minimum absolute atomic E-state index is 0.183. The van der Waals surface area contributed by atoms with Crippen molar-refractivity contribution < 1.29 is 14.6 Å². The number of nitrogens with zero attached hydrogens (tertiary/aromatic N) is 1. The molecule has 0 bridgehead atoms. The van der Waals surface area contributed by atoms with E-state index in [1.165, 1.54) is 0 Å². The lowest BCUT2D eigenvalue weighted by molar-refractivity contribution is 0.0653. The molecule has 4 nitrogen and oxygen atoms in total. The van der Waals surface area contributed by atoms with Crippen LogP contribution in [0.4, 0.5) is 0 Å². The molecular formula is C16H17NO3. The predicted molar refractivity (Wildman–Crippen MR) is 74.9 cm³/mol. The Balaban J connectivity index is 1.92. The van der Waals surface area contributed by atoms with Crippen molar-refractivity contribution in [1.82, 2.24) is 4.98 Å². The van der Waals surface area contributed by atoms with Crippen LogP contribution in [0, 0.1) is 6.92 Å². The van der Waals surface area contributed by atoms with Gasteiger partial charge in [-0.2, -0.15) is 0 Å². The normalized spacial score (nSPS) is 20.9. The van der Waals surface area contributed by atoms with Gasteiger partial charge in [-0.1, -0.05) is 6.07 Å². The highest BCUT2D eigenvalue weighted by Crippen LogP contribution is 2.42. The topological polar surface area (TPSA) is 51.6 Å². The largest absolute Gasteiger partial charge is 0.497 e. The first kappa shape index (κ1) is 12.9. The molecule has 1 aromatic heterocycles. The van der Waals surface area contributed by atoms with E-state index in [0.717, 1.165) is 22.6 Å². The summed E-state index contributed by atoms with van der Waals surface area (Å²) in [5.41, 5.74) is 2.75. The smallest absolute Gasteiger partial charge is 0.129 e. The van der Waals surface area contributed by atoms with Crippen molar-refractivity contribution in [2.75, 3.05) is 7.11 Å². The molecule has 1 N–H and O–H groups in total. The highest BCUT2D eigenvalue weighted by atomic mass is 16.5. The van der Waals surface area contributed by atoms with Gasteiger partial charge in [0.15, 0.2) is 0 Å². The van der Waals surface area contributed by atoms with Crippen molar-refractivity contribution in [3.8, 4) is 11.5 Å². The first-order valence-corrected chi connectivity index (χ1v) is 6.62. The summed E-state index contributed by atoms with van der Waals surface area (Å²) in [6.45, 7) is 1.94. The number of aromatic nitrogens is 1. The molecule has 2 heterocycles. The number of aliphatic hydroxyl groups excluding tert-OH is 1. The number of fused-ring (bicyclic) bond motifs is 1. The number of benzene rings is 1. The molecule has 0 spiro atoms. The molecule has 1 unspecified atom stereocenters. The van der Waals surface area contributed by atoms with E-state index in [1.54, 1.807) is 13.3 Å². The van der Waals surface area contributed by atoms with Crippen LogP contribution in [0.25, 0.3) is 0 Å². The van der Waals surface area contributed by atoms with Crippen LogP contribution in [0.3, 0.4) is 0 Å². The molecule has 0 aliphatic carbocycles. The maximum absolute atomic E-state index is 10.3. The molecule has 0 radical (unpaired) electrons. The number of methoxy groups -OCH3 is 1. The van der Waals surface area contributed by atoms with Gasteiger partial charge >= 0.3 is 0 Å². The van der Waals surface area contributed by atoms with E-state index in [1.807, 2.05) is 37.3 Å². The van der Waals surface area contributed by atoms with Crippen molar-refractivity contribution in [3.05, 3.63) is 53.3 Å². The van der Waals surface area contributed by atoms with Crippen LogP contribution < -0.4 is 9.47 Å². The van der Waals surface area contributed by atoms with Crippen LogP contribution in [0.5, 0.6) is 11.5 Å². The molecule has 3 rings (SSSR count). The van der Waals surface area contributed by atoms with Crippen molar-refractivity contribution >= 4 is 0 Å². The van der Waals surface area contributed by atoms with Gasteiger partial charge < -0.3 is 14.6 Å². The summed E-state index contributed by atoms with van der Waals surface area (Å²) < 4.78 is 11.2. The molecule has 1 aromatic carbocycles. The fourth-order valence-electron chi connectivity index (χ4n) is 2.42. The van der Waals surface area contributed by atoms with Crippen molar-refractivity contribution in [3.63, 3.8) is 0 Å². The first-order valence-electron chi connectivity index (χ1n) is 6.62. The Morgan fingerprint density at radius 2 is 2.15 bits per heavy atom. The Morgan fingerprint density at radius 3 is 2.85 bits per heavy atom. The average molecular weight is 271 g/mol. The molecule has 1 aliphatic rings. The van der Waals surface area contributed by atoms with Gasteiger partial charge in [0.05, 0.1) is 13.2 Å². The molecule has 20 heavy (non-hydrogen) atoms. The summed E-state index contributed by atoms with van der Waals surface area (Å²) in [5.74, 6) is 1.40. The van der Waals surface area contributed by atoms with Crippen LogP contribution in [0.2, 0.25) is 0 Å². The van der Waals surface area contributed by atoms with Crippen LogP contribution in [-0.4, -0.2) is 17.2 Å². The Morgan fingerprint density at radius 1 is 1.30 bits per heavy atom. The molecule has 0 saturated heterocycles. The zero-order valence-electron chi connectivity index (χ0n) is 11.5. The second-order valence-electron chi connectivity index (χ2n) is 4.99. The molecule has 104 valence electrons. The van der Waals surface area contributed by atoms with E-state index in [4.69, 9.17) is 9.47 Å². The Kier molecular flexibility index (Phi) is 3.32. The van der Waals surface area contributed by atoms with Gasteiger partial charge in [0, 0.05) is 35.5 Å². The molecule has 0 saturated carbocycles. The summed E-state index contributed by atoms with van der Waals surface area (Å²) >= 11 is 0. The summed E-state index contributed by atoms with van der Waals surface area (Å²) in [4.78, 5) is 4.28. The Labute approximate surface area is 118 Å². The standard InChI is InChI=1S/C16H17NO3/c1-10-3-4-11(9-17-10)15-8-14(18)13-6-5-12(19-2)7-16(13)20-15/h3-7,9,14-15,18H,8H2,1-2H3/t14-,15?/m0/s1. The van der Waals surface area contributed by atoms with Gasteiger partial charge in [0.25, 0.3) is 0 Å². The molecule has 0 amide bonds. The summed E-state index contributed by atoms with van der Waals surface area (Å²) in [5, 5.41) is 10.3. The lowest BCUT2D eigenvalue weighted by atomic mass is 9.95. The molecule has 1 aliphatic heterocycles. The zero-order chi connectivity index (χ0) is 14.1. The second kappa shape index (κ2) is 5.13. The summed E-state index contributed by atoms with van der Waals surface area (Å²) in [6.07, 6.45) is 1.62. The SMILES string of the molecule is COc1ccc2c(c1)OC(c1ccc(C)nc1)C[C@@H]2O. The van der Waals surface area contributed by atoms with E-state index in [-0.39, 0.29) is 6.10 Å². The second-order valence-corrected chi connectivity index (χ2v) is 4.99. The molecule has 2 atom stereocenters. The Hall–Kier alpha value is -2.07. The zero-order valence-corrected chi connectivity index (χ0v) is 11.5. The van der Waals surface area contributed by atoms with Crippen LogP contribution in [0.15, 0.2) is 36.5 Å². The van der Waals surface area contributed by atoms with Crippen molar-refractivity contribution in [2.45, 2.75) is 25.6 Å². The average Bonchev–Trinajstić information content (AvgIpc) is 2.47. The van der Waals surface area contributed by atoms with Crippen LogP contribution >= 0.6 is 0 Å². The van der Waals surface area contributed by atoms with E-state index in [9.17, 15) is 5.11 Å². The summed E-state index contributed by atoms with van der Waals surface area (Å²) in [7, 11) is 1.61. The van der Waals surface area contributed by atoms with Crippen LogP contribution in [-0.2, 0) is 0 Å². The molecule has 0 fully saturated rings. The molecule has 2 aromatic rings. The van der Waals surface area contributed by atoms with Crippen molar-refractivity contribution in [1.29, 1.82) is 0 Å². The fraction of sp³-hybridized carbons (Fsp3) is 0.312. The van der Waals surface area contributed by atoms with Crippen molar-refractivity contribution in [2.24, 2.45) is 0 Å². The highest BCUT2D eigenvalue weighted by Gasteiger charge is 2.28. The maximum atomic E-state index is 10.3. The quantitative estimate of drug-likeness (QED) is 0.912. The lowest BCUT2D eigenvalue weighted by Gasteiger charge is -2.30. The Bertz CT molecular complexity index is 610. The third-order valence-corrected chi connectivity index (χ3v) is 3.59. The number of aryl methyl sites for hydroxylation is 1. The van der Waals surface area contributed by atoms with Gasteiger partial charge in [0.1, 0.15) is 17.6 Å². The molecule has 4 heteroatoms. The number of hydrogen-bond donors (Lipinski definition) is 1. The van der Waals surface area contributed by atoms with Crippen LogP contribution in [0.1, 0.15) is 35.4 Å². The minimum Gasteiger partial charge on any atom is -0.497 e. The third-order valence-electron chi connectivity index (χ3n) is 3.59. The number of rotatable bonds is 2. The molecular weight excluding hydrogens is 254 g/mol. The third kappa shape index (κ3) is 2.34. The van der Waals surface area contributed by atoms with E-state index in [0.29, 0.717) is 12.2 Å². The minimum atomic E-state index is -0.532. The van der Waals surface area contributed by atoms with Gasteiger partial charge in [-0.3, -0.25) is 4.98 Å². The summed E-state index contributed by atoms with van der Waals surface area (Å²) in [6, 6.07) is 9.44. The number of ether oxygens (including phenoxy) is 2. The number of hydrogen-bond acceptors (Lipinski definition) is 4. The predicted octanol–water partition coefficient (Wildman–Crippen LogP) is 2.96. The maximum Gasteiger partial charge on any atom is 0.129 e. The van der Waals surface area contributed by atoms with Gasteiger partial charge in [0.2, 0.25) is 0 Å². The van der Waals surface area contributed by atoms with E-state index in [2.05, 4.69) is 4.98 Å². The lowest BCUT2D eigenvalue weighted by Crippen LogP contribution is -2.19. The first-order chi connectivity index (χ1) is 9.67. The van der Waals surface area contributed by atoms with Gasteiger partial charge in [-0.25, -0.2) is 0 Å². The van der Waals surface area contributed by atoms with E-state index >= 15 is 0 Å². The number of pyridine rings is 1. The van der Waals surface area contributed by atoms with E-state index < -0.39 is 6.10 Å². The van der Waals surface area contributed by atoms with Gasteiger partial charge in [-0.15, -0.1) is 0 Å². The monoisotopic (exact) mass is 271 g/mol. The van der Waals surface area contributed by atoms with Gasteiger partial charge in [-0.05, 0) is 25.1 Å². The fourth-order valence-corrected chi connectivity index (χ4v) is 2.42. The number of aliphatic hydroxyl groups is 1.